The Morgan fingerprint density at radius 2 is 1.76 bits per heavy atom. The first kappa shape index (κ1) is 23.8. The number of hydrogen-bond donors (Lipinski definition) is 1. The van der Waals surface area contributed by atoms with Crippen LogP contribution < -0.4 is 14.8 Å². The van der Waals surface area contributed by atoms with Crippen molar-refractivity contribution in [1.29, 1.82) is 0 Å². The van der Waals surface area contributed by atoms with Crippen LogP contribution in [0.3, 0.4) is 0 Å². The third kappa shape index (κ3) is 6.83. The normalized spacial score (nSPS) is 14.1. The molecule has 174 valence electrons. The fraction of sp³-hybridized carbons (Fsp3) is 0.320. The van der Waals surface area contributed by atoms with Gasteiger partial charge in [-0.3, -0.25) is 9.59 Å². The highest BCUT2D eigenvalue weighted by atomic mass is 16.7. The number of carbonyl (C=O) groups is 3. The van der Waals surface area contributed by atoms with Crippen molar-refractivity contribution < 1.29 is 28.6 Å². The average Bonchev–Trinajstić information content (AvgIpc) is 2.83. The summed E-state index contributed by atoms with van der Waals surface area (Å²) in [6.45, 7) is 3.00. The van der Waals surface area contributed by atoms with E-state index in [-0.39, 0.29) is 24.5 Å². The van der Waals surface area contributed by atoms with Crippen molar-refractivity contribution in [2.45, 2.75) is 25.8 Å². The first-order valence-electron chi connectivity index (χ1n) is 10.9. The maximum Gasteiger partial charge on any atom is 0.513 e. The fourth-order valence-corrected chi connectivity index (χ4v) is 3.54. The molecule has 1 N–H and O–H groups in total. The zero-order chi connectivity index (χ0) is 23.6. The fourth-order valence-electron chi connectivity index (χ4n) is 3.54. The van der Waals surface area contributed by atoms with E-state index >= 15 is 0 Å². The van der Waals surface area contributed by atoms with Crippen LogP contribution in [0.25, 0.3) is 6.08 Å². The van der Waals surface area contributed by atoms with E-state index in [1.807, 2.05) is 24.3 Å². The van der Waals surface area contributed by atoms with Crippen molar-refractivity contribution in [3.8, 4) is 11.5 Å². The number of nitrogens with one attached hydrogen (secondary N) is 1. The minimum atomic E-state index is -0.779. The highest BCUT2D eigenvalue weighted by Gasteiger charge is 2.24. The van der Waals surface area contributed by atoms with Crippen LogP contribution in [0.2, 0.25) is 0 Å². The smallest absolute Gasteiger partial charge is 0.496 e. The molecule has 0 saturated carbocycles. The summed E-state index contributed by atoms with van der Waals surface area (Å²) in [5.74, 6) is 0.739. The minimum absolute atomic E-state index is 0.00391. The molecule has 8 nitrogen and oxygen atoms in total. The summed E-state index contributed by atoms with van der Waals surface area (Å²) in [7, 11) is 1.59. The number of piperidine rings is 1. The van der Waals surface area contributed by atoms with Crippen molar-refractivity contribution in [3.05, 3.63) is 65.7 Å². The molecule has 8 heteroatoms. The number of hydrogen-bond acceptors (Lipinski definition) is 6. The number of rotatable bonds is 7. The van der Waals surface area contributed by atoms with Gasteiger partial charge in [0.1, 0.15) is 11.5 Å². The van der Waals surface area contributed by atoms with Gasteiger partial charge in [-0.05, 0) is 56.2 Å². The van der Waals surface area contributed by atoms with Gasteiger partial charge in [0.05, 0.1) is 13.7 Å². The molecule has 2 aromatic rings. The zero-order valence-electron chi connectivity index (χ0n) is 18.8. The Kier molecular flexibility index (Phi) is 8.46. The third-order valence-electron chi connectivity index (χ3n) is 5.25. The van der Waals surface area contributed by atoms with Gasteiger partial charge in [0, 0.05) is 36.3 Å². The maximum atomic E-state index is 12.8. The predicted octanol–water partition coefficient (Wildman–Crippen LogP) is 3.66. The molecule has 0 aliphatic carbocycles. The lowest BCUT2D eigenvalue weighted by molar-refractivity contribution is -0.117. The number of benzene rings is 2. The first-order valence-corrected chi connectivity index (χ1v) is 10.9. The summed E-state index contributed by atoms with van der Waals surface area (Å²) < 4.78 is 15.0. The number of para-hydroxylation sites is 1. The van der Waals surface area contributed by atoms with Crippen LogP contribution in [-0.2, 0) is 9.53 Å². The number of amides is 2. The summed E-state index contributed by atoms with van der Waals surface area (Å²) in [6, 6.07) is 13.8. The lowest BCUT2D eigenvalue weighted by atomic mass is 10.0. The highest BCUT2D eigenvalue weighted by molar-refractivity contribution is 5.94. The molecule has 2 amide bonds. The number of methoxy groups -OCH3 is 1. The van der Waals surface area contributed by atoms with E-state index < -0.39 is 6.16 Å². The van der Waals surface area contributed by atoms with Gasteiger partial charge in [-0.25, -0.2) is 4.79 Å². The van der Waals surface area contributed by atoms with Gasteiger partial charge in [0.15, 0.2) is 0 Å². The highest BCUT2D eigenvalue weighted by Crippen LogP contribution is 2.19. The molecule has 0 unspecified atom stereocenters. The molecule has 1 saturated heterocycles. The molecule has 1 aliphatic rings. The number of likely N-dealkylation sites (tertiary alicyclic amines) is 1. The molecule has 0 aromatic heterocycles. The Labute approximate surface area is 193 Å². The van der Waals surface area contributed by atoms with E-state index in [1.165, 1.54) is 6.08 Å². The summed E-state index contributed by atoms with van der Waals surface area (Å²) in [5, 5.41) is 3.00. The second-order valence-corrected chi connectivity index (χ2v) is 7.46. The molecule has 0 spiro atoms. The second kappa shape index (κ2) is 11.7. The first-order chi connectivity index (χ1) is 16.0. The van der Waals surface area contributed by atoms with E-state index in [0.29, 0.717) is 43.0 Å². The topological polar surface area (TPSA) is 94.2 Å². The van der Waals surface area contributed by atoms with Crippen molar-refractivity contribution in [3.63, 3.8) is 0 Å². The SMILES string of the molecule is CCOC(=O)Oc1ccc(C(=O)N2CCC(NC(=O)/C=C/c3ccccc3OC)CC2)cc1. The summed E-state index contributed by atoms with van der Waals surface area (Å²) in [4.78, 5) is 38.2. The number of nitrogens with zero attached hydrogens (tertiary/aromatic N) is 1. The third-order valence-corrected chi connectivity index (χ3v) is 5.25. The Balaban J connectivity index is 1.47. The average molecular weight is 453 g/mol. The van der Waals surface area contributed by atoms with Crippen LogP contribution in [0.1, 0.15) is 35.7 Å². The summed E-state index contributed by atoms with van der Waals surface area (Å²) in [6.07, 6.45) is 3.78. The van der Waals surface area contributed by atoms with Gasteiger partial charge in [0.2, 0.25) is 5.91 Å². The maximum absolute atomic E-state index is 12.8. The molecular weight excluding hydrogens is 424 g/mol. The van der Waals surface area contributed by atoms with E-state index in [9.17, 15) is 14.4 Å². The Morgan fingerprint density at radius 3 is 2.42 bits per heavy atom. The van der Waals surface area contributed by atoms with Gasteiger partial charge in [0.25, 0.3) is 5.91 Å². The Morgan fingerprint density at radius 1 is 1.06 bits per heavy atom. The van der Waals surface area contributed by atoms with E-state index in [0.717, 1.165) is 5.56 Å². The van der Waals surface area contributed by atoms with Gasteiger partial charge >= 0.3 is 6.16 Å². The lowest BCUT2D eigenvalue weighted by Gasteiger charge is -2.32. The lowest BCUT2D eigenvalue weighted by Crippen LogP contribution is -2.46. The van der Waals surface area contributed by atoms with Crippen LogP contribution in [0.15, 0.2) is 54.6 Å². The Hall–Kier alpha value is -3.81. The van der Waals surface area contributed by atoms with Crippen molar-refractivity contribution in [2.24, 2.45) is 0 Å². The zero-order valence-corrected chi connectivity index (χ0v) is 18.8. The van der Waals surface area contributed by atoms with E-state index in [1.54, 1.807) is 49.3 Å². The quantitative estimate of drug-likeness (QED) is 0.391. The summed E-state index contributed by atoms with van der Waals surface area (Å²) in [5.41, 5.74) is 1.34. The van der Waals surface area contributed by atoms with Crippen LogP contribution in [0, 0.1) is 0 Å². The van der Waals surface area contributed by atoms with Crippen LogP contribution in [-0.4, -0.2) is 55.7 Å². The predicted molar refractivity (Wildman–Crippen MR) is 123 cm³/mol. The minimum Gasteiger partial charge on any atom is -0.496 e. The molecule has 1 heterocycles. The van der Waals surface area contributed by atoms with E-state index in [4.69, 9.17) is 14.2 Å². The van der Waals surface area contributed by atoms with Gasteiger partial charge in [-0.1, -0.05) is 18.2 Å². The molecule has 0 atom stereocenters. The molecule has 1 aliphatic heterocycles. The molecule has 33 heavy (non-hydrogen) atoms. The molecule has 0 radical (unpaired) electrons. The monoisotopic (exact) mass is 452 g/mol. The van der Waals surface area contributed by atoms with Crippen LogP contribution in [0.5, 0.6) is 11.5 Å². The molecule has 0 bridgehead atoms. The van der Waals surface area contributed by atoms with Crippen molar-refractivity contribution in [1.82, 2.24) is 10.2 Å². The van der Waals surface area contributed by atoms with E-state index in [2.05, 4.69) is 5.32 Å². The molecule has 3 rings (SSSR count). The molecular formula is C25H28N2O6. The standard InChI is InChI=1S/C25H28N2O6/c1-3-32-25(30)33-21-11-8-19(9-12-21)24(29)27-16-14-20(15-17-27)26-23(28)13-10-18-6-4-5-7-22(18)31-2/h4-13,20H,3,14-17H2,1-2H3,(H,26,28)/b13-10+. The van der Waals surface area contributed by atoms with Crippen LogP contribution >= 0.6 is 0 Å². The van der Waals surface area contributed by atoms with Crippen molar-refractivity contribution >= 4 is 24.0 Å². The molecule has 1 fully saturated rings. The Bertz CT molecular complexity index is 994. The van der Waals surface area contributed by atoms with Crippen molar-refractivity contribution in [2.75, 3.05) is 26.8 Å². The second-order valence-electron chi connectivity index (χ2n) is 7.46. The van der Waals surface area contributed by atoms with Crippen LogP contribution in [0.4, 0.5) is 4.79 Å². The van der Waals surface area contributed by atoms with Gasteiger partial charge in [-0.15, -0.1) is 0 Å². The van der Waals surface area contributed by atoms with Gasteiger partial charge < -0.3 is 24.4 Å². The largest absolute Gasteiger partial charge is 0.513 e. The van der Waals surface area contributed by atoms with Gasteiger partial charge in [-0.2, -0.15) is 0 Å². The number of ether oxygens (including phenoxy) is 3. The molecule has 2 aromatic carbocycles. The number of carbonyl (C=O) groups excluding carboxylic acids is 3. The summed E-state index contributed by atoms with van der Waals surface area (Å²) >= 11 is 0.